The van der Waals surface area contributed by atoms with Gasteiger partial charge in [-0.25, -0.2) is 0 Å². The Morgan fingerprint density at radius 3 is 2.41 bits per heavy atom. The molecule has 150 valence electrons. The van der Waals surface area contributed by atoms with Gasteiger partial charge in [0.05, 0.1) is 25.8 Å². The molecule has 1 fully saturated rings. The van der Waals surface area contributed by atoms with Gasteiger partial charge < -0.3 is 19.5 Å². The van der Waals surface area contributed by atoms with E-state index in [0.717, 1.165) is 5.56 Å². The Morgan fingerprint density at radius 1 is 1.14 bits per heavy atom. The number of carbonyl (C=O) groups excluding carboxylic acids is 2. The average molecular weight is 393 g/mol. The van der Waals surface area contributed by atoms with Gasteiger partial charge in [0.1, 0.15) is 17.3 Å². The van der Waals surface area contributed by atoms with Gasteiger partial charge in [0, 0.05) is 23.7 Å². The molecule has 1 amide bonds. The Bertz CT molecular complexity index is 991. The lowest BCUT2D eigenvalue weighted by Gasteiger charge is -2.25. The zero-order chi connectivity index (χ0) is 21.1. The number of nitrogens with zero attached hydrogens (tertiary/aromatic N) is 1. The number of benzene rings is 2. The molecule has 0 aliphatic carbocycles. The topological polar surface area (TPSA) is 76.1 Å². The third-order valence-corrected chi connectivity index (χ3v) is 4.93. The highest BCUT2D eigenvalue weighted by Gasteiger charge is 2.46. The fourth-order valence-electron chi connectivity index (χ4n) is 3.44. The minimum Gasteiger partial charge on any atom is -0.507 e. The monoisotopic (exact) mass is 393 g/mol. The molecule has 1 aliphatic heterocycles. The number of hydrogen-bond donors (Lipinski definition) is 1. The maximum Gasteiger partial charge on any atom is 0.295 e. The molecular formula is C23H23NO5. The van der Waals surface area contributed by atoms with Crippen LogP contribution in [0, 0.1) is 6.92 Å². The molecule has 2 aromatic carbocycles. The van der Waals surface area contributed by atoms with E-state index in [4.69, 9.17) is 9.47 Å². The number of carbonyl (C=O) groups is 2. The van der Waals surface area contributed by atoms with Gasteiger partial charge in [-0.1, -0.05) is 35.9 Å². The third kappa shape index (κ3) is 3.61. The fourth-order valence-corrected chi connectivity index (χ4v) is 3.44. The molecule has 1 atom stereocenters. The van der Waals surface area contributed by atoms with Crippen molar-refractivity contribution in [1.82, 2.24) is 4.90 Å². The SMILES string of the molecule is C=CCN1C(=O)C(=O)C(=C(O)c2ccc(C)cc2)[C@@H]1c1ccc(OC)cc1OC. The van der Waals surface area contributed by atoms with Crippen molar-refractivity contribution in [3.05, 3.63) is 77.4 Å². The van der Waals surface area contributed by atoms with E-state index in [0.29, 0.717) is 22.6 Å². The number of likely N-dealkylation sites (tertiary alicyclic amines) is 1. The summed E-state index contributed by atoms with van der Waals surface area (Å²) in [6.07, 6.45) is 1.54. The standard InChI is InChI=1S/C23H23NO5/c1-5-12-24-20(17-11-10-16(28-3)13-18(17)29-4)19(22(26)23(24)27)21(25)15-8-6-14(2)7-9-15/h5-11,13,20,25H,1,12H2,2-4H3/t20-/m0/s1. The summed E-state index contributed by atoms with van der Waals surface area (Å²) in [5.41, 5.74) is 2.07. The molecule has 1 aliphatic rings. The number of Topliss-reactive ketones (excluding diaryl/α,β-unsaturated/α-hetero) is 1. The molecule has 1 heterocycles. The van der Waals surface area contributed by atoms with Crippen molar-refractivity contribution in [1.29, 1.82) is 0 Å². The van der Waals surface area contributed by atoms with E-state index in [-0.39, 0.29) is 17.9 Å². The van der Waals surface area contributed by atoms with Crippen molar-refractivity contribution in [3.8, 4) is 11.5 Å². The van der Waals surface area contributed by atoms with Gasteiger partial charge in [-0.15, -0.1) is 6.58 Å². The molecular weight excluding hydrogens is 370 g/mol. The summed E-state index contributed by atoms with van der Waals surface area (Å²) in [7, 11) is 3.04. The summed E-state index contributed by atoms with van der Waals surface area (Å²) in [5.74, 6) is -0.642. The lowest BCUT2D eigenvalue weighted by Crippen LogP contribution is -2.29. The Morgan fingerprint density at radius 2 is 1.83 bits per heavy atom. The molecule has 6 heteroatoms. The van der Waals surface area contributed by atoms with Crippen molar-refractivity contribution in [3.63, 3.8) is 0 Å². The molecule has 0 bridgehead atoms. The van der Waals surface area contributed by atoms with Crippen molar-refractivity contribution in [2.24, 2.45) is 0 Å². The van der Waals surface area contributed by atoms with Crippen LogP contribution < -0.4 is 9.47 Å². The number of ketones is 1. The van der Waals surface area contributed by atoms with Gasteiger partial charge in [0.2, 0.25) is 0 Å². The quantitative estimate of drug-likeness (QED) is 0.351. The third-order valence-electron chi connectivity index (χ3n) is 4.93. The maximum atomic E-state index is 12.9. The number of rotatable bonds is 6. The van der Waals surface area contributed by atoms with Crippen LogP contribution in [0.5, 0.6) is 11.5 Å². The second kappa shape index (κ2) is 8.22. The van der Waals surface area contributed by atoms with Gasteiger partial charge >= 0.3 is 0 Å². The Labute approximate surface area is 169 Å². The van der Waals surface area contributed by atoms with Crippen molar-refractivity contribution in [2.75, 3.05) is 20.8 Å². The van der Waals surface area contributed by atoms with Crippen LogP contribution in [-0.2, 0) is 9.59 Å². The maximum absolute atomic E-state index is 12.9. The molecule has 29 heavy (non-hydrogen) atoms. The number of aliphatic hydroxyl groups excluding tert-OH is 1. The number of hydrogen-bond acceptors (Lipinski definition) is 5. The van der Waals surface area contributed by atoms with Crippen LogP contribution >= 0.6 is 0 Å². The lowest BCUT2D eigenvalue weighted by atomic mass is 9.94. The van der Waals surface area contributed by atoms with Gasteiger partial charge in [-0.05, 0) is 19.1 Å². The number of ether oxygens (including phenoxy) is 2. The highest BCUT2D eigenvalue weighted by molar-refractivity contribution is 6.46. The van der Waals surface area contributed by atoms with Crippen LogP contribution in [0.25, 0.3) is 5.76 Å². The van der Waals surface area contributed by atoms with Crippen LogP contribution in [-0.4, -0.2) is 42.5 Å². The molecule has 0 aromatic heterocycles. The second-order valence-electron chi connectivity index (χ2n) is 6.71. The van der Waals surface area contributed by atoms with Crippen LogP contribution in [0.3, 0.4) is 0 Å². The molecule has 0 radical (unpaired) electrons. The van der Waals surface area contributed by atoms with E-state index in [1.54, 1.807) is 36.4 Å². The summed E-state index contributed by atoms with van der Waals surface area (Å²) in [6, 6.07) is 11.4. The first-order valence-corrected chi connectivity index (χ1v) is 9.11. The zero-order valence-corrected chi connectivity index (χ0v) is 16.6. The number of amides is 1. The number of aliphatic hydroxyl groups is 1. The van der Waals surface area contributed by atoms with E-state index < -0.39 is 17.7 Å². The highest BCUT2D eigenvalue weighted by Crippen LogP contribution is 2.43. The lowest BCUT2D eigenvalue weighted by molar-refractivity contribution is -0.139. The Balaban J connectivity index is 2.24. The minimum atomic E-state index is -0.810. The Hall–Kier alpha value is -3.54. The van der Waals surface area contributed by atoms with Crippen molar-refractivity contribution in [2.45, 2.75) is 13.0 Å². The first kappa shape index (κ1) is 20.2. The van der Waals surface area contributed by atoms with E-state index in [1.807, 2.05) is 19.1 Å². The van der Waals surface area contributed by atoms with E-state index >= 15 is 0 Å². The summed E-state index contributed by atoms with van der Waals surface area (Å²) in [6.45, 7) is 5.76. The van der Waals surface area contributed by atoms with Crippen LogP contribution in [0.4, 0.5) is 0 Å². The largest absolute Gasteiger partial charge is 0.507 e. The van der Waals surface area contributed by atoms with E-state index in [9.17, 15) is 14.7 Å². The minimum absolute atomic E-state index is 0.0177. The van der Waals surface area contributed by atoms with Gasteiger partial charge in [-0.2, -0.15) is 0 Å². The Kier molecular flexibility index (Phi) is 5.73. The predicted octanol–water partition coefficient (Wildman–Crippen LogP) is 3.62. The summed E-state index contributed by atoms with van der Waals surface area (Å²) in [5, 5.41) is 11.0. The van der Waals surface area contributed by atoms with Gasteiger partial charge in [0.15, 0.2) is 0 Å². The molecule has 1 saturated heterocycles. The predicted molar refractivity (Wildman–Crippen MR) is 110 cm³/mol. The summed E-state index contributed by atoms with van der Waals surface area (Å²) >= 11 is 0. The van der Waals surface area contributed by atoms with E-state index in [1.165, 1.54) is 19.1 Å². The second-order valence-corrected chi connectivity index (χ2v) is 6.71. The first-order valence-electron chi connectivity index (χ1n) is 9.11. The van der Waals surface area contributed by atoms with Gasteiger partial charge in [-0.3, -0.25) is 9.59 Å². The molecule has 0 unspecified atom stereocenters. The van der Waals surface area contributed by atoms with Crippen LogP contribution in [0.15, 0.2) is 60.7 Å². The molecule has 3 rings (SSSR count). The average Bonchev–Trinajstić information content (AvgIpc) is 2.98. The van der Waals surface area contributed by atoms with Gasteiger partial charge in [0.25, 0.3) is 11.7 Å². The molecule has 6 nitrogen and oxygen atoms in total. The number of methoxy groups -OCH3 is 2. The van der Waals surface area contributed by atoms with Crippen LogP contribution in [0.2, 0.25) is 0 Å². The molecule has 0 spiro atoms. The molecule has 0 saturated carbocycles. The molecule has 1 N–H and O–H groups in total. The molecule has 2 aromatic rings. The van der Waals surface area contributed by atoms with Crippen molar-refractivity contribution < 1.29 is 24.2 Å². The number of aryl methyl sites for hydroxylation is 1. The summed E-state index contributed by atoms with van der Waals surface area (Å²) in [4.78, 5) is 27.0. The van der Waals surface area contributed by atoms with Crippen LogP contribution in [0.1, 0.15) is 22.7 Å². The zero-order valence-electron chi connectivity index (χ0n) is 16.6. The summed E-state index contributed by atoms with van der Waals surface area (Å²) < 4.78 is 10.7. The van der Waals surface area contributed by atoms with Crippen molar-refractivity contribution >= 4 is 17.4 Å². The normalized spacial score (nSPS) is 18.0. The highest BCUT2D eigenvalue weighted by atomic mass is 16.5. The van der Waals surface area contributed by atoms with E-state index in [2.05, 4.69) is 6.58 Å². The fraction of sp³-hybridized carbons (Fsp3) is 0.217. The smallest absolute Gasteiger partial charge is 0.295 e. The first-order chi connectivity index (χ1) is 13.9.